The lowest BCUT2D eigenvalue weighted by Gasteiger charge is -2.10. The molecule has 0 saturated carbocycles. The monoisotopic (exact) mass is 350 g/mol. The van der Waals surface area contributed by atoms with Gasteiger partial charge in [-0.2, -0.15) is 5.26 Å². The van der Waals surface area contributed by atoms with Gasteiger partial charge in [0.25, 0.3) is 10.0 Å². The van der Waals surface area contributed by atoms with Gasteiger partial charge in [0.15, 0.2) is 0 Å². The predicted molar refractivity (Wildman–Crippen MR) is 94.9 cm³/mol. The molecular formula is C19H14N2O3S. The zero-order chi connectivity index (χ0) is 17.7. The topological polar surface area (TPSA) is 79.2 Å². The molecule has 1 N–H and O–H groups in total. The van der Waals surface area contributed by atoms with Gasteiger partial charge in [-0.15, -0.1) is 0 Å². The number of nitrogens with zero attached hydrogens (tertiary/aromatic N) is 1. The zero-order valence-electron chi connectivity index (χ0n) is 13.1. The van der Waals surface area contributed by atoms with Crippen LogP contribution < -0.4 is 9.46 Å². The smallest absolute Gasteiger partial charge is 0.261 e. The first kappa shape index (κ1) is 16.6. The number of nitriles is 1. The molecule has 0 bridgehead atoms. The number of rotatable bonds is 5. The van der Waals surface area contributed by atoms with E-state index in [4.69, 9.17) is 10.00 Å². The van der Waals surface area contributed by atoms with Crippen LogP contribution in [0.1, 0.15) is 5.56 Å². The molecule has 3 aromatic rings. The summed E-state index contributed by atoms with van der Waals surface area (Å²) >= 11 is 0. The molecule has 0 aromatic heterocycles. The Morgan fingerprint density at radius 3 is 2.32 bits per heavy atom. The van der Waals surface area contributed by atoms with Gasteiger partial charge in [-0.3, -0.25) is 4.72 Å². The Labute approximate surface area is 146 Å². The highest BCUT2D eigenvalue weighted by molar-refractivity contribution is 7.92. The molecule has 0 fully saturated rings. The van der Waals surface area contributed by atoms with Crippen LogP contribution in [0, 0.1) is 11.3 Å². The second-order valence-electron chi connectivity index (χ2n) is 5.19. The normalized spacial score (nSPS) is 10.7. The fraction of sp³-hybridized carbons (Fsp3) is 0. The van der Waals surface area contributed by atoms with Crippen molar-refractivity contribution in [3.05, 3.63) is 84.4 Å². The van der Waals surface area contributed by atoms with E-state index in [-0.39, 0.29) is 10.5 Å². The minimum absolute atomic E-state index is 0.0286. The van der Waals surface area contributed by atoms with Gasteiger partial charge in [-0.05, 0) is 42.5 Å². The molecule has 5 nitrogen and oxygen atoms in total. The van der Waals surface area contributed by atoms with Crippen molar-refractivity contribution in [1.82, 2.24) is 0 Å². The summed E-state index contributed by atoms with van der Waals surface area (Å²) in [5.41, 5.74) is 0.653. The summed E-state index contributed by atoms with van der Waals surface area (Å²) in [7, 11) is -3.79. The Balaban J connectivity index is 1.83. The van der Waals surface area contributed by atoms with Gasteiger partial charge in [-0.1, -0.05) is 30.3 Å². The van der Waals surface area contributed by atoms with Crippen LogP contribution in [0.3, 0.4) is 0 Å². The highest BCUT2D eigenvalue weighted by Crippen LogP contribution is 2.25. The van der Waals surface area contributed by atoms with Gasteiger partial charge in [0.2, 0.25) is 0 Å². The molecule has 3 aromatic carbocycles. The highest BCUT2D eigenvalue weighted by atomic mass is 32.2. The van der Waals surface area contributed by atoms with Crippen molar-refractivity contribution in [3.8, 4) is 17.6 Å². The summed E-state index contributed by atoms with van der Waals surface area (Å²) in [5.74, 6) is 1.17. The van der Waals surface area contributed by atoms with Gasteiger partial charge in [-0.25, -0.2) is 8.42 Å². The highest BCUT2D eigenvalue weighted by Gasteiger charge is 2.15. The van der Waals surface area contributed by atoms with Crippen molar-refractivity contribution in [1.29, 1.82) is 5.26 Å². The Bertz CT molecular complexity index is 1030. The van der Waals surface area contributed by atoms with Crippen LogP contribution in [0.15, 0.2) is 83.8 Å². The number of nitrogens with one attached hydrogen (secondary N) is 1. The maximum atomic E-state index is 12.5. The third kappa shape index (κ3) is 4.16. The Hall–Kier alpha value is -3.30. The van der Waals surface area contributed by atoms with E-state index in [0.29, 0.717) is 17.2 Å². The summed E-state index contributed by atoms with van der Waals surface area (Å²) in [6.07, 6.45) is 0. The number of hydrogen-bond acceptors (Lipinski definition) is 4. The summed E-state index contributed by atoms with van der Waals surface area (Å²) < 4.78 is 33.1. The molecule has 6 heteroatoms. The van der Waals surface area contributed by atoms with E-state index in [0.717, 1.165) is 0 Å². The average Bonchev–Trinajstić information content (AvgIpc) is 2.62. The first-order valence-corrected chi connectivity index (χ1v) is 8.91. The standard InChI is InChI=1S/C19H14N2O3S/c20-14-15-6-4-11-19(12-15)25(22,23)21-16-7-5-10-18(13-16)24-17-8-2-1-3-9-17/h1-13,21H. The average molecular weight is 350 g/mol. The number of anilines is 1. The largest absolute Gasteiger partial charge is 0.457 e. The van der Waals surface area contributed by atoms with E-state index in [1.807, 2.05) is 36.4 Å². The number of hydrogen-bond donors (Lipinski definition) is 1. The maximum Gasteiger partial charge on any atom is 0.261 e. The van der Waals surface area contributed by atoms with Crippen LogP contribution in [0.5, 0.6) is 11.5 Å². The second kappa shape index (κ2) is 7.07. The van der Waals surface area contributed by atoms with Gasteiger partial charge in [0.05, 0.1) is 22.2 Å². The van der Waals surface area contributed by atoms with Crippen molar-refractivity contribution in [3.63, 3.8) is 0 Å². The first-order valence-electron chi connectivity index (χ1n) is 7.43. The molecule has 0 unspecified atom stereocenters. The van der Waals surface area contributed by atoms with Gasteiger partial charge >= 0.3 is 0 Å². The SMILES string of the molecule is N#Cc1cccc(S(=O)(=O)Nc2cccc(Oc3ccccc3)c2)c1. The molecule has 0 heterocycles. The van der Waals surface area contributed by atoms with Crippen molar-refractivity contribution < 1.29 is 13.2 Å². The molecule has 0 radical (unpaired) electrons. The molecule has 0 aliphatic heterocycles. The fourth-order valence-corrected chi connectivity index (χ4v) is 3.29. The lowest BCUT2D eigenvalue weighted by molar-refractivity contribution is 0.483. The number of para-hydroxylation sites is 1. The van der Waals surface area contributed by atoms with E-state index in [1.165, 1.54) is 18.2 Å². The van der Waals surface area contributed by atoms with Crippen molar-refractivity contribution >= 4 is 15.7 Å². The summed E-state index contributed by atoms with van der Waals surface area (Å²) in [4.78, 5) is 0.0286. The van der Waals surface area contributed by atoms with Gasteiger partial charge in [0, 0.05) is 6.07 Å². The lowest BCUT2D eigenvalue weighted by atomic mass is 10.2. The van der Waals surface area contributed by atoms with Crippen LogP contribution in [0.4, 0.5) is 5.69 Å². The predicted octanol–water partition coefficient (Wildman–Crippen LogP) is 4.15. The van der Waals surface area contributed by atoms with Crippen molar-refractivity contribution in [2.24, 2.45) is 0 Å². The van der Waals surface area contributed by atoms with Crippen LogP contribution in [0.25, 0.3) is 0 Å². The van der Waals surface area contributed by atoms with E-state index >= 15 is 0 Å². The number of sulfonamides is 1. The molecule has 124 valence electrons. The number of benzene rings is 3. The first-order chi connectivity index (χ1) is 12.1. The molecule has 0 amide bonds. The third-order valence-electron chi connectivity index (χ3n) is 3.34. The molecule has 0 aliphatic rings. The minimum Gasteiger partial charge on any atom is -0.457 e. The summed E-state index contributed by atoms with van der Waals surface area (Å²) in [5, 5.41) is 8.91. The van der Waals surface area contributed by atoms with Crippen molar-refractivity contribution in [2.75, 3.05) is 4.72 Å². The molecule has 25 heavy (non-hydrogen) atoms. The van der Waals surface area contributed by atoms with Crippen LogP contribution in [-0.2, 0) is 10.0 Å². The molecule has 0 spiro atoms. The quantitative estimate of drug-likeness (QED) is 0.749. The minimum atomic E-state index is -3.79. The van der Waals surface area contributed by atoms with E-state index in [1.54, 1.807) is 30.3 Å². The summed E-state index contributed by atoms with van der Waals surface area (Å²) in [6, 6.07) is 23.6. The third-order valence-corrected chi connectivity index (χ3v) is 4.72. The summed E-state index contributed by atoms with van der Waals surface area (Å²) in [6.45, 7) is 0. The van der Waals surface area contributed by atoms with Crippen LogP contribution in [0.2, 0.25) is 0 Å². The van der Waals surface area contributed by atoms with E-state index < -0.39 is 10.0 Å². The second-order valence-corrected chi connectivity index (χ2v) is 6.87. The fourth-order valence-electron chi connectivity index (χ4n) is 2.19. The van der Waals surface area contributed by atoms with E-state index in [2.05, 4.69) is 4.72 Å². The number of ether oxygens (including phenoxy) is 1. The molecule has 0 atom stereocenters. The maximum absolute atomic E-state index is 12.5. The van der Waals surface area contributed by atoms with Crippen LogP contribution in [-0.4, -0.2) is 8.42 Å². The van der Waals surface area contributed by atoms with Gasteiger partial charge < -0.3 is 4.74 Å². The molecule has 0 saturated heterocycles. The zero-order valence-corrected chi connectivity index (χ0v) is 13.9. The molecular weight excluding hydrogens is 336 g/mol. The Kier molecular flexibility index (Phi) is 4.68. The lowest BCUT2D eigenvalue weighted by Crippen LogP contribution is -2.13. The van der Waals surface area contributed by atoms with Gasteiger partial charge in [0.1, 0.15) is 11.5 Å². The Morgan fingerprint density at radius 1 is 0.840 bits per heavy atom. The molecule has 3 rings (SSSR count). The van der Waals surface area contributed by atoms with Crippen molar-refractivity contribution in [2.45, 2.75) is 4.90 Å². The Morgan fingerprint density at radius 2 is 1.56 bits per heavy atom. The molecule has 0 aliphatic carbocycles. The van der Waals surface area contributed by atoms with E-state index in [9.17, 15) is 8.42 Å². The van der Waals surface area contributed by atoms with Crippen LogP contribution >= 0.6 is 0 Å².